The van der Waals surface area contributed by atoms with Crippen molar-refractivity contribution in [2.24, 2.45) is 0 Å². The highest BCUT2D eigenvalue weighted by atomic mass is 16.5. The minimum atomic E-state index is -0.965. The standard InChI is InChI=1S/C20H23NO3/c1-15(20(22)23)24-19-11-7-17(8-12-19)16-5-9-18(10-6-16)21-13-3-2-4-14-21/h5-12,15H,2-4,13-14H2,1H3,(H,22,23). The predicted molar refractivity (Wildman–Crippen MR) is 95.7 cm³/mol. The van der Waals surface area contributed by atoms with Crippen LogP contribution in [0.2, 0.25) is 0 Å². The van der Waals surface area contributed by atoms with Gasteiger partial charge in [-0.3, -0.25) is 0 Å². The van der Waals surface area contributed by atoms with E-state index in [1.165, 1.54) is 31.9 Å². The first-order valence-corrected chi connectivity index (χ1v) is 8.48. The number of piperidine rings is 1. The molecule has 1 heterocycles. The van der Waals surface area contributed by atoms with Gasteiger partial charge in [-0.1, -0.05) is 24.3 Å². The molecule has 1 atom stereocenters. The number of rotatable bonds is 5. The smallest absolute Gasteiger partial charge is 0.344 e. The van der Waals surface area contributed by atoms with Gasteiger partial charge in [0.2, 0.25) is 0 Å². The van der Waals surface area contributed by atoms with E-state index in [0.717, 1.165) is 24.2 Å². The van der Waals surface area contributed by atoms with Crippen LogP contribution in [0.5, 0.6) is 5.75 Å². The lowest BCUT2D eigenvalue weighted by Crippen LogP contribution is -2.29. The highest BCUT2D eigenvalue weighted by molar-refractivity contribution is 5.72. The van der Waals surface area contributed by atoms with Crippen LogP contribution >= 0.6 is 0 Å². The molecule has 0 bridgehead atoms. The van der Waals surface area contributed by atoms with Gasteiger partial charge in [0, 0.05) is 18.8 Å². The molecule has 1 fully saturated rings. The van der Waals surface area contributed by atoms with E-state index < -0.39 is 12.1 Å². The second-order valence-corrected chi connectivity index (χ2v) is 6.22. The normalized spacial score (nSPS) is 15.8. The maximum atomic E-state index is 10.8. The number of hydrogen-bond donors (Lipinski definition) is 1. The summed E-state index contributed by atoms with van der Waals surface area (Å²) in [6.07, 6.45) is 3.04. The third-order valence-corrected chi connectivity index (χ3v) is 4.44. The van der Waals surface area contributed by atoms with Crippen molar-refractivity contribution >= 4 is 11.7 Å². The number of hydrogen-bond acceptors (Lipinski definition) is 3. The van der Waals surface area contributed by atoms with Gasteiger partial charge in [0.1, 0.15) is 5.75 Å². The van der Waals surface area contributed by atoms with Crippen molar-refractivity contribution in [2.75, 3.05) is 18.0 Å². The fraction of sp³-hybridized carbons (Fsp3) is 0.350. The second-order valence-electron chi connectivity index (χ2n) is 6.22. The minimum absolute atomic E-state index is 0.568. The Morgan fingerprint density at radius 2 is 1.50 bits per heavy atom. The topological polar surface area (TPSA) is 49.8 Å². The Hall–Kier alpha value is -2.49. The molecule has 2 aromatic carbocycles. The molecule has 2 aromatic rings. The molecule has 0 aliphatic carbocycles. The summed E-state index contributed by atoms with van der Waals surface area (Å²) >= 11 is 0. The molecule has 24 heavy (non-hydrogen) atoms. The van der Waals surface area contributed by atoms with Crippen LogP contribution in [0, 0.1) is 0 Å². The second kappa shape index (κ2) is 7.39. The summed E-state index contributed by atoms with van der Waals surface area (Å²) in [5.74, 6) is -0.397. The number of aliphatic carboxylic acids is 1. The summed E-state index contributed by atoms with van der Waals surface area (Å²) in [4.78, 5) is 13.3. The molecular weight excluding hydrogens is 302 g/mol. The van der Waals surface area contributed by atoms with Crippen LogP contribution in [-0.4, -0.2) is 30.3 Å². The zero-order valence-corrected chi connectivity index (χ0v) is 13.9. The van der Waals surface area contributed by atoms with Gasteiger partial charge in [0.15, 0.2) is 6.10 Å². The number of carbonyl (C=O) groups is 1. The molecular formula is C20H23NO3. The Labute approximate surface area is 142 Å². The number of anilines is 1. The van der Waals surface area contributed by atoms with Crippen molar-refractivity contribution < 1.29 is 14.6 Å². The van der Waals surface area contributed by atoms with Crippen molar-refractivity contribution in [3.05, 3.63) is 48.5 Å². The average molecular weight is 325 g/mol. The number of carboxylic acid groups (broad SMARTS) is 1. The highest BCUT2D eigenvalue weighted by Crippen LogP contribution is 2.26. The lowest BCUT2D eigenvalue weighted by molar-refractivity contribution is -0.144. The first kappa shape index (κ1) is 16.4. The zero-order valence-electron chi connectivity index (χ0n) is 13.9. The van der Waals surface area contributed by atoms with E-state index in [9.17, 15) is 4.79 Å². The molecule has 0 radical (unpaired) electrons. The first-order chi connectivity index (χ1) is 11.6. The van der Waals surface area contributed by atoms with Crippen LogP contribution in [-0.2, 0) is 4.79 Å². The summed E-state index contributed by atoms with van der Waals surface area (Å²) < 4.78 is 5.36. The van der Waals surface area contributed by atoms with Crippen molar-refractivity contribution in [2.45, 2.75) is 32.3 Å². The lowest BCUT2D eigenvalue weighted by atomic mass is 10.0. The Kier molecular flexibility index (Phi) is 5.04. The van der Waals surface area contributed by atoms with E-state index in [1.54, 1.807) is 0 Å². The van der Waals surface area contributed by atoms with E-state index in [2.05, 4.69) is 29.2 Å². The van der Waals surface area contributed by atoms with Gasteiger partial charge < -0.3 is 14.7 Å². The Balaban J connectivity index is 1.68. The van der Waals surface area contributed by atoms with Crippen LogP contribution in [0.15, 0.2) is 48.5 Å². The predicted octanol–water partition coefficient (Wildman–Crippen LogP) is 4.20. The van der Waals surface area contributed by atoms with Crippen molar-refractivity contribution in [3.8, 4) is 16.9 Å². The first-order valence-electron chi connectivity index (χ1n) is 8.48. The monoisotopic (exact) mass is 325 g/mol. The molecule has 0 saturated carbocycles. The molecule has 1 saturated heterocycles. The van der Waals surface area contributed by atoms with Crippen LogP contribution < -0.4 is 9.64 Å². The van der Waals surface area contributed by atoms with Crippen LogP contribution in [0.3, 0.4) is 0 Å². The molecule has 0 amide bonds. The maximum absolute atomic E-state index is 10.8. The largest absolute Gasteiger partial charge is 0.479 e. The molecule has 0 spiro atoms. The molecule has 0 aromatic heterocycles. The summed E-state index contributed by atoms with van der Waals surface area (Å²) in [6.45, 7) is 3.82. The fourth-order valence-corrected chi connectivity index (χ4v) is 3.00. The number of nitrogens with zero attached hydrogens (tertiary/aromatic N) is 1. The van der Waals surface area contributed by atoms with Crippen LogP contribution in [0.4, 0.5) is 5.69 Å². The molecule has 1 aliphatic heterocycles. The van der Waals surface area contributed by atoms with Gasteiger partial charge in [-0.15, -0.1) is 0 Å². The van der Waals surface area contributed by atoms with E-state index >= 15 is 0 Å². The van der Waals surface area contributed by atoms with Gasteiger partial charge in [-0.2, -0.15) is 0 Å². The average Bonchev–Trinajstić information content (AvgIpc) is 2.63. The lowest BCUT2D eigenvalue weighted by Gasteiger charge is -2.28. The van der Waals surface area contributed by atoms with Gasteiger partial charge in [-0.25, -0.2) is 4.79 Å². The molecule has 4 heteroatoms. The number of benzene rings is 2. The summed E-state index contributed by atoms with van der Waals surface area (Å²) in [6, 6.07) is 16.2. The van der Waals surface area contributed by atoms with Crippen molar-refractivity contribution in [3.63, 3.8) is 0 Å². The zero-order chi connectivity index (χ0) is 16.9. The Morgan fingerprint density at radius 3 is 2.04 bits per heavy atom. The van der Waals surface area contributed by atoms with Gasteiger partial charge in [-0.05, 0) is 61.6 Å². The SMILES string of the molecule is CC(Oc1ccc(-c2ccc(N3CCCCC3)cc2)cc1)C(=O)O. The summed E-state index contributed by atoms with van der Waals surface area (Å²) in [5, 5.41) is 8.88. The molecule has 1 aliphatic rings. The number of carboxylic acids is 1. The number of ether oxygens (including phenoxy) is 1. The van der Waals surface area contributed by atoms with E-state index in [0.29, 0.717) is 5.75 Å². The van der Waals surface area contributed by atoms with Crippen molar-refractivity contribution in [1.82, 2.24) is 0 Å². The molecule has 3 rings (SSSR count). The van der Waals surface area contributed by atoms with Gasteiger partial charge in [0.25, 0.3) is 0 Å². The Bertz CT molecular complexity index is 673. The van der Waals surface area contributed by atoms with Crippen LogP contribution in [0.1, 0.15) is 26.2 Å². The minimum Gasteiger partial charge on any atom is -0.479 e. The quantitative estimate of drug-likeness (QED) is 0.895. The molecule has 126 valence electrons. The van der Waals surface area contributed by atoms with Gasteiger partial charge >= 0.3 is 5.97 Å². The molecule has 4 nitrogen and oxygen atoms in total. The summed E-state index contributed by atoms with van der Waals surface area (Å²) in [7, 11) is 0. The van der Waals surface area contributed by atoms with E-state index in [4.69, 9.17) is 9.84 Å². The van der Waals surface area contributed by atoms with Crippen molar-refractivity contribution in [1.29, 1.82) is 0 Å². The fourth-order valence-electron chi connectivity index (χ4n) is 3.00. The third-order valence-electron chi connectivity index (χ3n) is 4.44. The molecule has 1 N–H and O–H groups in total. The third kappa shape index (κ3) is 3.88. The van der Waals surface area contributed by atoms with Gasteiger partial charge in [0.05, 0.1) is 0 Å². The molecule has 1 unspecified atom stereocenters. The van der Waals surface area contributed by atoms with E-state index in [1.807, 2.05) is 24.3 Å². The van der Waals surface area contributed by atoms with Crippen LogP contribution in [0.25, 0.3) is 11.1 Å². The maximum Gasteiger partial charge on any atom is 0.344 e. The Morgan fingerprint density at radius 1 is 0.958 bits per heavy atom. The highest BCUT2D eigenvalue weighted by Gasteiger charge is 2.13. The van der Waals surface area contributed by atoms with E-state index in [-0.39, 0.29) is 0 Å². The summed E-state index contributed by atoms with van der Waals surface area (Å²) in [5.41, 5.74) is 3.53.